The Morgan fingerprint density at radius 1 is 1.14 bits per heavy atom. The summed E-state index contributed by atoms with van der Waals surface area (Å²) in [7, 11) is 0. The molecule has 1 atom stereocenters. The lowest BCUT2D eigenvalue weighted by atomic mass is 9.75. The lowest BCUT2D eigenvalue weighted by Gasteiger charge is -2.43. The molecule has 1 unspecified atom stereocenters. The van der Waals surface area contributed by atoms with Gasteiger partial charge in [0.05, 0.1) is 0 Å². The van der Waals surface area contributed by atoms with Crippen LogP contribution in [0.4, 0.5) is 0 Å². The number of piperidine rings is 1. The summed E-state index contributed by atoms with van der Waals surface area (Å²) in [6.07, 6.45) is 9.26. The quantitative estimate of drug-likeness (QED) is 0.675. The van der Waals surface area contributed by atoms with Gasteiger partial charge in [0.1, 0.15) is 6.04 Å². The number of carboxylic acid groups (broad SMARTS) is 1. The molecule has 2 N–H and O–H groups in total. The van der Waals surface area contributed by atoms with Crippen molar-refractivity contribution in [3.05, 3.63) is 0 Å². The summed E-state index contributed by atoms with van der Waals surface area (Å²) in [5.74, 6) is -0.672. The third-order valence-electron chi connectivity index (χ3n) is 3.74. The van der Waals surface area contributed by atoms with Gasteiger partial charge >= 0.3 is 5.97 Å². The molecule has 0 aromatic heterocycles. The first-order valence-corrected chi connectivity index (χ1v) is 5.72. The summed E-state index contributed by atoms with van der Waals surface area (Å²) < 4.78 is 0. The molecule has 0 aromatic rings. The smallest absolute Gasteiger partial charge is 0.320 e. The predicted octanol–water partition coefficient (Wildman–Crippen LogP) is 1.92. The molecule has 1 aliphatic carbocycles. The molecule has 0 amide bonds. The molecule has 0 aromatic carbocycles. The molecule has 0 radical (unpaired) electrons. The molecule has 3 nitrogen and oxygen atoms in total. The maximum absolute atomic E-state index is 10.9. The molecule has 2 rings (SSSR count). The van der Waals surface area contributed by atoms with Crippen LogP contribution in [0.15, 0.2) is 0 Å². The highest BCUT2D eigenvalue weighted by Crippen LogP contribution is 2.35. The Kier molecular flexibility index (Phi) is 2.77. The van der Waals surface area contributed by atoms with E-state index in [9.17, 15) is 4.79 Å². The Morgan fingerprint density at radius 3 is 2.43 bits per heavy atom. The van der Waals surface area contributed by atoms with Gasteiger partial charge in [-0.2, -0.15) is 0 Å². The minimum absolute atomic E-state index is 0.180. The molecule has 2 fully saturated rings. The SMILES string of the molecule is O=C(O)C1CCCC2(CCCCC2)N1. The summed E-state index contributed by atoms with van der Waals surface area (Å²) in [4.78, 5) is 10.9. The van der Waals surface area contributed by atoms with Crippen molar-refractivity contribution in [2.75, 3.05) is 0 Å². The minimum atomic E-state index is -0.672. The van der Waals surface area contributed by atoms with Gasteiger partial charge in [-0.25, -0.2) is 0 Å². The van der Waals surface area contributed by atoms with Gasteiger partial charge in [0, 0.05) is 5.54 Å². The first kappa shape index (κ1) is 9.97. The number of nitrogens with one attached hydrogen (secondary N) is 1. The van der Waals surface area contributed by atoms with E-state index in [0.29, 0.717) is 0 Å². The molecular weight excluding hydrogens is 178 g/mol. The van der Waals surface area contributed by atoms with Gasteiger partial charge < -0.3 is 5.11 Å². The predicted molar refractivity (Wildman–Crippen MR) is 54.2 cm³/mol. The van der Waals surface area contributed by atoms with Crippen LogP contribution in [0.1, 0.15) is 51.4 Å². The molecule has 14 heavy (non-hydrogen) atoms. The molecule has 3 heteroatoms. The Hall–Kier alpha value is -0.570. The van der Waals surface area contributed by atoms with Crippen LogP contribution in [-0.2, 0) is 4.79 Å². The van der Waals surface area contributed by atoms with Crippen molar-refractivity contribution >= 4 is 5.97 Å². The molecule has 1 spiro atoms. The number of carbonyl (C=O) groups is 1. The van der Waals surface area contributed by atoms with Gasteiger partial charge in [-0.05, 0) is 32.1 Å². The average molecular weight is 197 g/mol. The zero-order valence-corrected chi connectivity index (χ0v) is 8.59. The van der Waals surface area contributed by atoms with Crippen LogP contribution < -0.4 is 5.32 Å². The second kappa shape index (κ2) is 3.89. The zero-order valence-electron chi connectivity index (χ0n) is 8.59. The van der Waals surface area contributed by atoms with Crippen LogP contribution in [0.2, 0.25) is 0 Å². The normalized spacial score (nSPS) is 31.6. The highest BCUT2D eigenvalue weighted by atomic mass is 16.4. The third kappa shape index (κ3) is 1.92. The van der Waals surface area contributed by atoms with Crippen molar-refractivity contribution < 1.29 is 9.90 Å². The highest BCUT2D eigenvalue weighted by molar-refractivity contribution is 5.73. The molecule has 2 aliphatic rings. The van der Waals surface area contributed by atoms with E-state index in [0.717, 1.165) is 12.8 Å². The minimum Gasteiger partial charge on any atom is -0.480 e. The fraction of sp³-hybridized carbons (Fsp3) is 0.909. The van der Waals surface area contributed by atoms with Crippen molar-refractivity contribution in [3.8, 4) is 0 Å². The van der Waals surface area contributed by atoms with Gasteiger partial charge in [0.2, 0.25) is 0 Å². The fourth-order valence-electron chi connectivity index (χ4n) is 2.97. The maximum atomic E-state index is 10.9. The number of hydrogen-bond acceptors (Lipinski definition) is 2. The average Bonchev–Trinajstić information content (AvgIpc) is 2.19. The molecule has 1 saturated carbocycles. The molecule has 1 heterocycles. The summed E-state index contributed by atoms with van der Waals surface area (Å²) in [6.45, 7) is 0. The monoisotopic (exact) mass is 197 g/mol. The van der Waals surface area contributed by atoms with E-state index in [4.69, 9.17) is 5.11 Å². The van der Waals surface area contributed by atoms with Crippen LogP contribution >= 0.6 is 0 Å². The van der Waals surface area contributed by atoms with Crippen molar-refractivity contribution in [1.29, 1.82) is 0 Å². The standard InChI is InChI=1S/C11H19NO2/c13-10(14)9-5-4-8-11(12-9)6-2-1-3-7-11/h9,12H,1-8H2,(H,13,14). The van der Waals surface area contributed by atoms with Crippen LogP contribution in [0.3, 0.4) is 0 Å². The van der Waals surface area contributed by atoms with Crippen LogP contribution in [0.5, 0.6) is 0 Å². The van der Waals surface area contributed by atoms with E-state index in [1.807, 2.05) is 0 Å². The van der Waals surface area contributed by atoms with Gasteiger partial charge in [-0.15, -0.1) is 0 Å². The second-order valence-corrected chi connectivity index (χ2v) is 4.77. The van der Waals surface area contributed by atoms with Crippen molar-refractivity contribution in [3.63, 3.8) is 0 Å². The van der Waals surface area contributed by atoms with E-state index < -0.39 is 5.97 Å². The van der Waals surface area contributed by atoms with E-state index in [-0.39, 0.29) is 11.6 Å². The highest BCUT2D eigenvalue weighted by Gasteiger charge is 2.38. The fourth-order valence-corrected chi connectivity index (χ4v) is 2.97. The van der Waals surface area contributed by atoms with Crippen LogP contribution in [0.25, 0.3) is 0 Å². The first-order valence-electron chi connectivity index (χ1n) is 5.72. The maximum Gasteiger partial charge on any atom is 0.320 e. The van der Waals surface area contributed by atoms with E-state index in [1.54, 1.807) is 0 Å². The van der Waals surface area contributed by atoms with Gasteiger partial charge in [0.25, 0.3) is 0 Å². The Morgan fingerprint density at radius 2 is 1.79 bits per heavy atom. The number of hydrogen-bond donors (Lipinski definition) is 2. The molecule has 0 bridgehead atoms. The summed E-state index contributed by atoms with van der Waals surface area (Å²) >= 11 is 0. The molecule has 80 valence electrons. The number of rotatable bonds is 1. The van der Waals surface area contributed by atoms with E-state index >= 15 is 0 Å². The summed E-state index contributed by atoms with van der Waals surface area (Å²) in [5, 5.41) is 12.4. The molecule has 1 saturated heterocycles. The second-order valence-electron chi connectivity index (χ2n) is 4.77. The van der Waals surface area contributed by atoms with Crippen LogP contribution in [0, 0.1) is 0 Å². The third-order valence-corrected chi connectivity index (χ3v) is 3.74. The topological polar surface area (TPSA) is 49.3 Å². The lowest BCUT2D eigenvalue weighted by Crippen LogP contribution is -2.56. The summed E-state index contributed by atoms with van der Waals surface area (Å²) in [5.41, 5.74) is 0.180. The molecular formula is C11H19NO2. The van der Waals surface area contributed by atoms with E-state index in [1.165, 1.54) is 38.5 Å². The van der Waals surface area contributed by atoms with Gasteiger partial charge in [0.15, 0.2) is 0 Å². The van der Waals surface area contributed by atoms with E-state index in [2.05, 4.69) is 5.32 Å². The van der Waals surface area contributed by atoms with Gasteiger partial charge in [-0.1, -0.05) is 19.3 Å². The van der Waals surface area contributed by atoms with Crippen LogP contribution in [-0.4, -0.2) is 22.7 Å². The Balaban J connectivity index is 2.01. The summed E-state index contributed by atoms with van der Waals surface area (Å²) in [6, 6.07) is -0.290. The van der Waals surface area contributed by atoms with Crippen molar-refractivity contribution in [2.45, 2.75) is 62.9 Å². The van der Waals surface area contributed by atoms with Gasteiger partial charge in [-0.3, -0.25) is 10.1 Å². The lowest BCUT2D eigenvalue weighted by molar-refractivity contribution is -0.141. The Labute approximate surface area is 84.9 Å². The zero-order chi connectivity index (χ0) is 10.0. The molecule has 1 aliphatic heterocycles. The number of carboxylic acids is 1. The van der Waals surface area contributed by atoms with Crippen molar-refractivity contribution in [1.82, 2.24) is 5.32 Å². The Bertz CT molecular complexity index is 216. The van der Waals surface area contributed by atoms with Crippen molar-refractivity contribution in [2.24, 2.45) is 0 Å². The number of aliphatic carboxylic acids is 1. The largest absolute Gasteiger partial charge is 0.480 e. The first-order chi connectivity index (χ1) is 6.72.